The van der Waals surface area contributed by atoms with Crippen LogP contribution in [0.1, 0.15) is 47.0 Å². The third-order valence-electron chi connectivity index (χ3n) is 4.13. The van der Waals surface area contributed by atoms with Gasteiger partial charge in [-0.2, -0.15) is 0 Å². The maximum atomic E-state index is 11.3. The Morgan fingerprint density at radius 2 is 1.95 bits per heavy atom. The Balaban J connectivity index is 2.37. The average molecular weight is 270 g/mol. The number of carboxylic acid groups (broad SMARTS) is 1. The van der Waals surface area contributed by atoms with Crippen molar-refractivity contribution in [2.45, 2.75) is 52.5 Å². The predicted molar refractivity (Wildman–Crippen MR) is 78.3 cm³/mol. The lowest BCUT2D eigenvalue weighted by Gasteiger charge is -2.35. The highest BCUT2D eigenvalue weighted by Gasteiger charge is 2.31. The van der Waals surface area contributed by atoms with Crippen molar-refractivity contribution >= 4 is 5.97 Å². The molecule has 0 spiro atoms. The van der Waals surface area contributed by atoms with Crippen LogP contribution in [0.5, 0.6) is 0 Å². The van der Waals surface area contributed by atoms with Gasteiger partial charge in [0.1, 0.15) is 5.54 Å². The van der Waals surface area contributed by atoms with Gasteiger partial charge in [0.05, 0.1) is 0 Å². The summed E-state index contributed by atoms with van der Waals surface area (Å²) in [6.45, 7) is 12.4. The van der Waals surface area contributed by atoms with Gasteiger partial charge in [-0.25, -0.2) is 0 Å². The molecule has 1 aliphatic rings. The largest absolute Gasteiger partial charge is 0.480 e. The minimum absolute atomic E-state index is 0.690. The number of likely N-dealkylation sites (tertiary alicyclic amines) is 1. The number of piperidine rings is 1. The molecule has 0 aromatic rings. The van der Waals surface area contributed by atoms with E-state index in [-0.39, 0.29) is 0 Å². The Morgan fingerprint density at radius 3 is 2.42 bits per heavy atom. The van der Waals surface area contributed by atoms with E-state index >= 15 is 0 Å². The Labute approximate surface area is 117 Å². The monoisotopic (exact) mass is 270 g/mol. The maximum Gasteiger partial charge on any atom is 0.323 e. The zero-order valence-corrected chi connectivity index (χ0v) is 12.9. The Bertz CT molecular complexity index is 286. The lowest BCUT2D eigenvalue weighted by molar-refractivity contribution is -0.144. The highest BCUT2D eigenvalue weighted by molar-refractivity contribution is 5.78. The van der Waals surface area contributed by atoms with Gasteiger partial charge in [0.2, 0.25) is 0 Å². The van der Waals surface area contributed by atoms with Gasteiger partial charge in [-0.05, 0) is 51.1 Å². The summed E-state index contributed by atoms with van der Waals surface area (Å²) in [4.78, 5) is 13.8. The molecule has 1 heterocycles. The number of hydrogen-bond acceptors (Lipinski definition) is 3. The summed E-state index contributed by atoms with van der Waals surface area (Å²) in [5.41, 5.74) is -0.776. The molecule has 1 saturated heterocycles. The molecule has 0 saturated carbocycles. The summed E-state index contributed by atoms with van der Waals surface area (Å²) >= 11 is 0. The zero-order chi connectivity index (χ0) is 14.5. The van der Waals surface area contributed by atoms with E-state index < -0.39 is 11.5 Å². The number of hydrogen-bond donors (Lipinski definition) is 2. The number of likely N-dealkylation sites (N-methyl/N-ethyl adjacent to an activating group) is 1. The molecule has 0 bridgehead atoms. The number of carbonyl (C=O) groups is 1. The molecule has 3 unspecified atom stereocenters. The van der Waals surface area contributed by atoms with Gasteiger partial charge in [-0.15, -0.1) is 0 Å². The van der Waals surface area contributed by atoms with Crippen LogP contribution in [0.25, 0.3) is 0 Å². The van der Waals surface area contributed by atoms with Crippen LogP contribution in [0, 0.1) is 11.8 Å². The second kappa shape index (κ2) is 7.25. The van der Waals surface area contributed by atoms with Crippen LogP contribution in [-0.2, 0) is 4.79 Å². The molecule has 19 heavy (non-hydrogen) atoms. The third-order valence-corrected chi connectivity index (χ3v) is 4.13. The van der Waals surface area contributed by atoms with Crippen molar-refractivity contribution in [2.75, 3.05) is 26.2 Å². The van der Waals surface area contributed by atoms with Gasteiger partial charge in [0.25, 0.3) is 0 Å². The van der Waals surface area contributed by atoms with E-state index in [4.69, 9.17) is 0 Å². The number of nitrogens with one attached hydrogen (secondary N) is 1. The summed E-state index contributed by atoms with van der Waals surface area (Å²) in [5, 5.41) is 12.4. The van der Waals surface area contributed by atoms with Gasteiger partial charge in [-0.1, -0.05) is 20.8 Å². The first-order valence-corrected chi connectivity index (χ1v) is 7.58. The molecular weight excluding hydrogens is 240 g/mol. The summed E-state index contributed by atoms with van der Waals surface area (Å²) in [5.74, 6) is 0.793. The van der Waals surface area contributed by atoms with Gasteiger partial charge in [0.15, 0.2) is 0 Å². The van der Waals surface area contributed by atoms with Crippen LogP contribution in [0.4, 0.5) is 0 Å². The maximum absolute atomic E-state index is 11.3. The molecule has 0 aliphatic carbocycles. The molecule has 1 aliphatic heterocycles. The molecule has 0 radical (unpaired) electrons. The van der Waals surface area contributed by atoms with E-state index in [0.29, 0.717) is 13.0 Å². The SMILES string of the molecule is CCNC(C)(CCCN1CC(C)CC(C)C1)C(=O)O. The first kappa shape index (κ1) is 16.4. The minimum atomic E-state index is -0.776. The van der Waals surface area contributed by atoms with Crippen LogP contribution >= 0.6 is 0 Å². The number of aliphatic carboxylic acids is 1. The molecule has 4 nitrogen and oxygen atoms in total. The van der Waals surface area contributed by atoms with Crippen molar-refractivity contribution < 1.29 is 9.90 Å². The fourth-order valence-electron chi connectivity index (χ4n) is 3.29. The van der Waals surface area contributed by atoms with E-state index in [2.05, 4.69) is 24.1 Å². The molecule has 2 N–H and O–H groups in total. The van der Waals surface area contributed by atoms with Crippen LogP contribution in [0.3, 0.4) is 0 Å². The molecule has 1 rings (SSSR count). The summed E-state index contributed by atoms with van der Waals surface area (Å²) < 4.78 is 0. The smallest absolute Gasteiger partial charge is 0.323 e. The van der Waals surface area contributed by atoms with Crippen molar-refractivity contribution in [3.63, 3.8) is 0 Å². The van der Waals surface area contributed by atoms with Crippen molar-refractivity contribution in [1.82, 2.24) is 10.2 Å². The van der Waals surface area contributed by atoms with E-state index in [0.717, 1.165) is 37.9 Å². The summed E-state index contributed by atoms with van der Waals surface area (Å²) in [6, 6.07) is 0. The second-order valence-corrected chi connectivity index (χ2v) is 6.48. The second-order valence-electron chi connectivity index (χ2n) is 6.48. The topological polar surface area (TPSA) is 52.6 Å². The summed E-state index contributed by atoms with van der Waals surface area (Å²) in [6.07, 6.45) is 2.95. The Kier molecular flexibility index (Phi) is 6.27. The molecule has 0 aromatic heterocycles. The first-order valence-electron chi connectivity index (χ1n) is 7.58. The number of carboxylic acids is 1. The fourth-order valence-corrected chi connectivity index (χ4v) is 3.29. The standard InChI is InChI=1S/C15H30N2O2/c1-5-16-15(4,14(18)19)7-6-8-17-10-12(2)9-13(3)11-17/h12-13,16H,5-11H2,1-4H3,(H,18,19). The lowest BCUT2D eigenvalue weighted by atomic mass is 9.91. The third kappa shape index (κ3) is 5.11. The highest BCUT2D eigenvalue weighted by Crippen LogP contribution is 2.22. The quantitative estimate of drug-likeness (QED) is 0.744. The fraction of sp³-hybridized carbons (Fsp3) is 0.933. The number of nitrogens with zero attached hydrogens (tertiary/aromatic N) is 1. The van der Waals surface area contributed by atoms with Crippen LogP contribution in [0.2, 0.25) is 0 Å². The van der Waals surface area contributed by atoms with Crippen LogP contribution in [-0.4, -0.2) is 47.7 Å². The lowest BCUT2D eigenvalue weighted by Crippen LogP contribution is -2.50. The van der Waals surface area contributed by atoms with E-state index in [1.807, 2.05) is 6.92 Å². The first-order chi connectivity index (χ1) is 8.87. The predicted octanol–water partition coefficient (Wildman–Crippen LogP) is 2.20. The van der Waals surface area contributed by atoms with Crippen LogP contribution in [0.15, 0.2) is 0 Å². The van der Waals surface area contributed by atoms with Gasteiger partial charge >= 0.3 is 5.97 Å². The minimum Gasteiger partial charge on any atom is -0.480 e. The van der Waals surface area contributed by atoms with Crippen molar-refractivity contribution in [1.29, 1.82) is 0 Å². The van der Waals surface area contributed by atoms with Gasteiger partial charge < -0.3 is 15.3 Å². The molecule has 4 heteroatoms. The van der Waals surface area contributed by atoms with Gasteiger partial charge in [0, 0.05) is 13.1 Å². The molecule has 0 aromatic carbocycles. The molecule has 0 amide bonds. The number of rotatable bonds is 7. The molecule has 3 atom stereocenters. The zero-order valence-electron chi connectivity index (χ0n) is 12.9. The molecule has 1 fully saturated rings. The van der Waals surface area contributed by atoms with Crippen molar-refractivity contribution in [2.24, 2.45) is 11.8 Å². The van der Waals surface area contributed by atoms with E-state index in [9.17, 15) is 9.90 Å². The Hall–Kier alpha value is -0.610. The highest BCUT2D eigenvalue weighted by atomic mass is 16.4. The van der Waals surface area contributed by atoms with Gasteiger partial charge in [-0.3, -0.25) is 4.79 Å². The van der Waals surface area contributed by atoms with Crippen molar-refractivity contribution in [3.8, 4) is 0 Å². The Morgan fingerprint density at radius 1 is 1.37 bits per heavy atom. The molecular formula is C15H30N2O2. The van der Waals surface area contributed by atoms with E-state index in [1.165, 1.54) is 6.42 Å². The van der Waals surface area contributed by atoms with E-state index in [1.54, 1.807) is 6.92 Å². The molecule has 112 valence electrons. The summed E-state index contributed by atoms with van der Waals surface area (Å²) in [7, 11) is 0. The average Bonchev–Trinajstić information content (AvgIpc) is 2.27. The van der Waals surface area contributed by atoms with Crippen LogP contribution < -0.4 is 5.32 Å². The van der Waals surface area contributed by atoms with Crippen molar-refractivity contribution in [3.05, 3.63) is 0 Å². The normalized spacial score (nSPS) is 28.0.